The topological polar surface area (TPSA) is 119 Å². The smallest absolute Gasteiger partial charge is 0.275 e. The predicted molar refractivity (Wildman–Crippen MR) is 154 cm³/mol. The number of hydrogen-bond donors (Lipinski definition) is 2. The van der Waals surface area contributed by atoms with Gasteiger partial charge in [-0.3, -0.25) is 9.59 Å². The molecule has 2 aromatic heterocycles. The summed E-state index contributed by atoms with van der Waals surface area (Å²) >= 11 is 1.55. The van der Waals surface area contributed by atoms with Crippen LogP contribution < -0.4 is 14.8 Å². The maximum atomic E-state index is 13.9. The fraction of sp³-hybridized carbons (Fsp3) is 0.379. The highest BCUT2D eigenvalue weighted by Crippen LogP contribution is 2.45. The highest BCUT2D eigenvalue weighted by molar-refractivity contribution is 7.08. The van der Waals surface area contributed by atoms with Crippen LogP contribution in [-0.2, 0) is 16.1 Å². The molecular formula is C29H33N5O5S. The summed E-state index contributed by atoms with van der Waals surface area (Å²) in [5.74, 6) is 1.07. The van der Waals surface area contributed by atoms with Crippen LogP contribution in [0.3, 0.4) is 0 Å². The number of benzene rings is 1. The molecule has 4 heterocycles. The minimum absolute atomic E-state index is 0.0841. The number of nitrogens with zero attached hydrogens (tertiary/aromatic N) is 3. The lowest BCUT2D eigenvalue weighted by molar-refractivity contribution is -0.116. The highest BCUT2D eigenvalue weighted by Gasteiger charge is 2.39. The van der Waals surface area contributed by atoms with Crippen molar-refractivity contribution in [2.45, 2.75) is 39.3 Å². The van der Waals surface area contributed by atoms with Gasteiger partial charge in [0.25, 0.3) is 5.91 Å². The second-order valence-corrected chi connectivity index (χ2v) is 11.2. The molecule has 1 fully saturated rings. The van der Waals surface area contributed by atoms with Crippen LogP contribution in [0, 0.1) is 5.41 Å². The number of morpholine rings is 1. The molecule has 40 heavy (non-hydrogen) atoms. The predicted octanol–water partition coefficient (Wildman–Crippen LogP) is 4.31. The highest BCUT2D eigenvalue weighted by atomic mass is 32.1. The molecule has 0 saturated carbocycles. The molecule has 10 nitrogen and oxygen atoms in total. The SMILES string of the molecule is COc1cc2c(cc1/C(C=N)=C/NCCC(C)=O)-c1c(c(C(=O)N3CCOCC3(C)C)nn1-c1ccsc1)CO2. The van der Waals surface area contributed by atoms with Gasteiger partial charge in [0.1, 0.15) is 23.9 Å². The van der Waals surface area contributed by atoms with Crippen molar-refractivity contribution in [1.82, 2.24) is 20.0 Å². The summed E-state index contributed by atoms with van der Waals surface area (Å²) in [7, 11) is 1.57. The summed E-state index contributed by atoms with van der Waals surface area (Å²) in [5, 5.41) is 20.0. The van der Waals surface area contributed by atoms with Crippen molar-refractivity contribution in [3.8, 4) is 28.4 Å². The monoisotopic (exact) mass is 563 g/mol. The lowest BCUT2D eigenvalue weighted by Gasteiger charge is -2.41. The number of carbonyl (C=O) groups is 2. The van der Waals surface area contributed by atoms with Crippen molar-refractivity contribution in [3.05, 3.63) is 52.0 Å². The zero-order valence-electron chi connectivity index (χ0n) is 23.1. The fourth-order valence-electron chi connectivity index (χ4n) is 5.00. The van der Waals surface area contributed by atoms with Crippen LogP contribution in [0.4, 0.5) is 0 Å². The van der Waals surface area contributed by atoms with Crippen molar-refractivity contribution in [3.63, 3.8) is 0 Å². The summed E-state index contributed by atoms with van der Waals surface area (Å²) < 4.78 is 19.3. The number of thiophene rings is 1. The van der Waals surface area contributed by atoms with E-state index in [1.807, 2.05) is 46.3 Å². The molecule has 0 spiro atoms. The summed E-state index contributed by atoms with van der Waals surface area (Å²) in [6.45, 7) is 7.58. The number of carbonyl (C=O) groups excluding carboxylic acids is 2. The molecular weight excluding hydrogens is 530 g/mol. The van der Waals surface area contributed by atoms with Crippen LogP contribution in [-0.4, -0.2) is 71.5 Å². The molecule has 2 aliphatic rings. The summed E-state index contributed by atoms with van der Waals surface area (Å²) in [5.41, 5.74) is 4.20. The molecule has 0 bridgehead atoms. The Kier molecular flexibility index (Phi) is 7.77. The summed E-state index contributed by atoms with van der Waals surface area (Å²) in [6.07, 6.45) is 3.33. The van der Waals surface area contributed by atoms with Gasteiger partial charge < -0.3 is 29.8 Å². The fourth-order valence-corrected chi connectivity index (χ4v) is 5.61. The molecule has 5 rings (SSSR count). The molecule has 2 aliphatic heterocycles. The molecule has 0 aliphatic carbocycles. The quantitative estimate of drug-likeness (QED) is 0.294. The molecule has 0 radical (unpaired) electrons. The number of rotatable bonds is 9. The van der Waals surface area contributed by atoms with Crippen LogP contribution in [0.5, 0.6) is 11.5 Å². The van der Waals surface area contributed by atoms with Crippen molar-refractivity contribution in [2.75, 3.05) is 33.4 Å². The molecule has 1 amide bonds. The van der Waals surface area contributed by atoms with Gasteiger partial charge in [-0.1, -0.05) is 0 Å². The Hall–Kier alpha value is -3.96. The first-order chi connectivity index (χ1) is 19.2. The van der Waals surface area contributed by atoms with Gasteiger partial charge in [0, 0.05) is 65.6 Å². The zero-order valence-corrected chi connectivity index (χ0v) is 23.9. The number of fused-ring (bicyclic) bond motifs is 3. The standard InChI is InChI=1S/C29H33N5O5S/c1-18(35)5-7-31-14-19(13-30)21-11-22-25(12-24(21)37-4)39-15-23-26(28(36)33-8-9-38-17-29(33,2)3)32-34(27(22)23)20-6-10-40-16-20/h6,10-14,16,30-31H,5,7-9,15,17H2,1-4H3/b19-14+,30-13?. The Labute approximate surface area is 237 Å². The third-order valence-electron chi connectivity index (χ3n) is 7.10. The van der Waals surface area contributed by atoms with Crippen molar-refractivity contribution in [1.29, 1.82) is 5.41 Å². The van der Waals surface area contributed by atoms with Gasteiger partial charge in [-0.05, 0) is 38.3 Å². The van der Waals surface area contributed by atoms with Gasteiger partial charge in [-0.25, -0.2) is 4.68 Å². The van der Waals surface area contributed by atoms with E-state index in [-0.39, 0.29) is 18.3 Å². The molecule has 0 unspecified atom stereocenters. The molecule has 0 atom stereocenters. The van der Waals surface area contributed by atoms with E-state index in [1.54, 1.807) is 37.6 Å². The van der Waals surface area contributed by atoms with Gasteiger partial charge in [-0.15, -0.1) is 0 Å². The minimum atomic E-state index is -0.471. The van der Waals surface area contributed by atoms with E-state index in [0.29, 0.717) is 66.6 Å². The number of Topliss-reactive ketones (excluding diaryl/α,β-unsaturated/α-hetero) is 1. The summed E-state index contributed by atoms with van der Waals surface area (Å²) in [4.78, 5) is 27.1. The first kappa shape index (κ1) is 27.6. The van der Waals surface area contributed by atoms with E-state index >= 15 is 0 Å². The van der Waals surface area contributed by atoms with Gasteiger partial charge in [0.05, 0.1) is 37.2 Å². The van der Waals surface area contributed by atoms with E-state index in [0.717, 1.165) is 16.9 Å². The van der Waals surface area contributed by atoms with E-state index < -0.39 is 5.54 Å². The number of methoxy groups -OCH3 is 1. The molecule has 3 aromatic rings. The first-order valence-corrected chi connectivity index (χ1v) is 14.0. The van der Waals surface area contributed by atoms with E-state index in [4.69, 9.17) is 24.7 Å². The van der Waals surface area contributed by atoms with Crippen LogP contribution in [0.1, 0.15) is 48.8 Å². The van der Waals surface area contributed by atoms with Crippen molar-refractivity contribution < 1.29 is 23.8 Å². The molecule has 2 N–H and O–H groups in total. The Morgan fingerprint density at radius 3 is 2.83 bits per heavy atom. The Balaban J connectivity index is 1.64. The van der Waals surface area contributed by atoms with E-state index in [1.165, 1.54) is 6.21 Å². The zero-order chi connectivity index (χ0) is 28.4. The van der Waals surface area contributed by atoms with Crippen molar-refractivity contribution >= 4 is 34.8 Å². The normalized spacial score (nSPS) is 16.0. The average molecular weight is 564 g/mol. The van der Waals surface area contributed by atoms with Crippen LogP contribution >= 0.6 is 11.3 Å². The van der Waals surface area contributed by atoms with Gasteiger partial charge in [-0.2, -0.15) is 16.4 Å². The number of ether oxygens (including phenoxy) is 3. The number of nitrogens with one attached hydrogen (secondary N) is 2. The second-order valence-electron chi connectivity index (χ2n) is 10.4. The average Bonchev–Trinajstić information content (AvgIpc) is 3.60. The maximum Gasteiger partial charge on any atom is 0.275 e. The number of ketones is 1. The third-order valence-corrected chi connectivity index (χ3v) is 7.77. The number of aromatic nitrogens is 2. The van der Waals surface area contributed by atoms with Gasteiger partial charge >= 0.3 is 0 Å². The summed E-state index contributed by atoms with van der Waals surface area (Å²) in [6, 6.07) is 5.68. The Bertz CT molecular complexity index is 1470. The van der Waals surface area contributed by atoms with Crippen LogP contribution in [0.25, 0.3) is 22.5 Å². The molecule has 210 valence electrons. The Morgan fingerprint density at radius 1 is 1.32 bits per heavy atom. The van der Waals surface area contributed by atoms with Gasteiger partial charge in [0.2, 0.25) is 0 Å². The van der Waals surface area contributed by atoms with Crippen molar-refractivity contribution in [2.24, 2.45) is 0 Å². The molecule has 11 heteroatoms. The lowest BCUT2D eigenvalue weighted by Crippen LogP contribution is -2.55. The molecule has 1 saturated heterocycles. The molecule has 1 aromatic carbocycles. The van der Waals surface area contributed by atoms with E-state index in [2.05, 4.69) is 5.32 Å². The number of hydrogen-bond acceptors (Lipinski definition) is 9. The van der Waals surface area contributed by atoms with Crippen LogP contribution in [0.2, 0.25) is 0 Å². The van der Waals surface area contributed by atoms with Crippen LogP contribution in [0.15, 0.2) is 35.2 Å². The van der Waals surface area contributed by atoms with E-state index in [9.17, 15) is 9.59 Å². The number of amides is 1. The van der Waals surface area contributed by atoms with Gasteiger partial charge in [0.15, 0.2) is 5.69 Å². The Morgan fingerprint density at radius 2 is 2.15 bits per heavy atom. The number of allylic oxidation sites excluding steroid dienone is 1. The largest absolute Gasteiger partial charge is 0.496 e. The maximum absolute atomic E-state index is 13.9. The lowest BCUT2D eigenvalue weighted by atomic mass is 9.95. The second kappa shape index (κ2) is 11.3. The minimum Gasteiger partial charge on any atom is -0.496 e. The third kappa shape index (κ3) is 5.14. The first-order valence-electron chi connectivity index (χ1n) is 13.1.